The molecule has 1 aliphatic heterocycles. The largest absolute Gasteiger partial charge is 0.495 e. The van der Waals surface area contributed by atoms with E-state index >= 15 is 0 Å². The highest BCUT2D eigenvalue weighted by atomic mass is 16.5. The SMILES string of the molecule is COc1ccc(C)cc1NC(=O)Nc1ccc(N2CCN(C(=O)Nc3ccc(OCCO)cc3C)CC2)cc1. The summed E-state index contributed by atoms with van der Waals surface area (Å²) in [5.41, 5.74) is 4.93. The monoisotopic (exact) mass is 533 g/mol. The summed E-state index contributed by atoms with van der Waals surface area (Å²) in [5.74, 6) is 1.25. The first kappa shape index (κ1) is 27.6. The number of nitrogens with one attached hydrogen (secondary N) is 3. The molecule has 4 amide bonds. The van der Waals surface area contributed by atoms with E-state index < -0.39 is 0 Å². The van der Waals surface area contributed by atoms with Gasteiger partial charge in [0.05, 0.1) is 19.4 Å². The summed E-state index contributed by atoms with van der Waals surface area (Å²) in [4.78, 5) is 29.4. The number of piperazine rings is 1. The number of anilines is 4. The number of aryl methyl sites for hydroxylation is 2. The van der Waals surface area contributed by atoms with E-state index in [0.717, 1.165) is 22.5 Å². The Labute approximate surface area is 228 Å². The van der Waals surface area contributed by atoms with E-state index in [9.17, 15) is 9.59 Å². The first-order chi connectivity index (χ1) is 18.9. The zero-order valence-corrected chi connectivity index (χ0v) is 22.5. The standard InChI is InChI=1S/C29H35N5O5/c1-20-4-11-27(38-3)26(18-20)31-28(36)30-22-5-7-23(8-6-22)33-12-14-34(15-13-33)29(37)32-25-10-9-24(19-21(25)2)39-17-16-35/h4-11,18-19,35H,12-17H2,1-3H3,(H,32,37)(H2,30,31,36). The normalized spacial score (nSPS) is 13.0. The van der Waals surface area contributed by atoms with E-state index in [1.807, 2.05) is 68.4 Å². The van der Waals surface area contributed by atoms with Crippen molar-refractivity contribution in [2.45, 2.75) is 13.8 Å². The summed E-state index contributed by atoms with van der Waals surface area (Å²) < 4.78 is 10.7. The Kier molecular flexibility index (Phi) is 9.11. The lowest BCUT2D eigenvalue weighted by Gasteiger charge is -2.36. The number of amides is 4. The summed E-state index contributed by atoms with van der Waals surface area (Å²) in [5, 5.41) is 17.6. The van der Waals surface area contributed by atoms with Gasteiger partial charge in [-0.2, -0.15) is 0 Å². The molecule has 0 saturated carbocycles. The van der Waals surface area contributed by atoms with Crippen molar-refractivity contribution >= 4 is 34.8 Å². The fourth-order valence-electron chi connectivity index (χ4n) is 4.35. The first-order valence-corrected chi connectivity index (χ1v) is 12.8. The van der Waals surface area contributed by atoms with Crippen LogP contribution in [0, 0.1) is 13.8 Å². The second kappa shape index (κ2) is 12.9. The highest BCUT2D eigenvalue weighted by molar-refractivity contribution is 6.00. The van der Waals surface area contributed by atoms with Gasteiger partial charge in [-0.3, -0.25) is 0 Å². The molecule has 39 heavy (non-hydrogen) atoms. The fraction of sp³-hybridized carbons (Fsp3) is 0.310. The number of rotatable bonds is 8. The quantitative estimate of drug-likeness (QED) is 0.334. The van der Waals surface area contributed by atoms with Crippen molar-refractivity contribution in [2.75, 3.05) is 67.4 Å². The van der Waals surface area contributed by atoms with Crippen LogP contribution in [0.15, 0.2) is 60.7 Å². The van der Waals surface area contributed by atoms with Crippen LogP contribution in [0.1, 0.15) is 11.1 Å². The molecule has 10 nitrogen and oxygen atoms in total. The van der Waals surface area contributed by atoms with E-state index in [4.69, 9.17) is 14.6 Å². The third-order valence-corrected chi connectivity index (χ3v) is 6.46. The molecule has 3 aromatic rings. The Morgan fingerprint density at radius 1 is 0.872 bits per heavy atom. The Balaban J connectivity index is 1.26. The van der Waals surface area contributed by atoms with Crippen molar-refractivity contribution in [3.05, 3.63) is 71.8 Å². The van der Waals surface area contributed by atoms with Gasteiger partial charge in [0.15, 0.2) is 0 Å². The van der Waals surface area contributed by atoms with Crippen LogP contribution in [0.25, 0.3) is 0 Å². The molecule has 206 valence electrons. The average Bonchev–Trinajstić information content (AvgIpc) is 2.94. The Hall–Kier alpha value is -4.44. The molecule has 0 atom stereocenters. The van der Waals surface area contributed by atoms with Crippen LogP contribution in [0.2, 0.25) is 0 Å². The van der Waals surface area contributed by atoms with Crippen molar-refractivity contribution in [2.24, 2.45) is 0 Å². The van der Waals surface area contributed by atoms with E-state index in [0.29, 0.717) is 49.1 Å². The number of urea groups is 2. The zero-order valence-electron chi connectivity index (χ0n) is 22.5. The third kappa shape index (κ3) is 7.32. The number of aliphatic hydroxyl groups is 1. The summed E-state index contributed by atoms with van der Waals surface area (Å²) >= 11 is 0. The maximum atomic E-state index is 12.8. The van der Waals surface area contributed by atoms with Crippen LogP contribution >= 0.6 is 0 Å². The van der Waals surface area contributed by atoms with Gasteiger partial charge in [0, 0.05) is 43.2 Å². The van der Waals surface area contributed by atoms with E-state index in [1.54, 1.807) is 18.1 Å². The molecule has 0 aliphatic carbocycles. The molecule has 3 aromatic carbocycles. The molecule has 0 aromatic heterocycles. The van der Waals surface area contributed by atoms with Crippen LogP contribution in [-0.4, -0.2) is 68.6 Å². The van der Waals surface area contributed by atoms with Gasteiger partial charge in [0.25, 0.3) is 0 Å². The topological polar surface area (TPSA) is 115 Å². The van der Waals surface area contributed by atoms with Crippen molar-refractivity contribution in [1.29, 1.82) is 0 Å². The van der Waals surface area contributed by atoms with Gasteiger partial charge < -0.3 is 40.3 Å². The third-order valence-electron chi connectivity index (χ3n) is 6.46. The first-order valence-electron chi connectivity index (χ1n) is 12.8. The molecule has 1 aliphatic rings. The van der Waals surface area contributed by atoms with Gasteiger partial charge in [-0.05, 0) is 79.6 Å². The molecule has 4 rings (SSSR count). The van der Waals surface area contributed by atoms with Crippen molar-refractivity contribution in [3.63, 3.8) is 0 Å². The Bertz CT molecular complexity index is 1290. The summed E-state index contributed by atoms with van der Waals surface area (Å²) in [7, 11) is 1.57. The second-order valence-electron chi connectivity index (χ2n) is 9.28. The Morgan fingerprint density at radius 2 is 1.62 bits per heavy atom. The predicted molar refractivity (Wildman–Crippen MR) is 153 cm³/mol. The average molecular weight is 534 g/mol. The minimum Gasteiger partial charge on any atom is -0.495 e. The number of benzene rings is 3. The van der Waals surface area contributed by atoms with E-state index in [-0.39, 0.29) is 25.3 Å². The van der Waals surface area contributed by atoms with Crippen molar-refractivity contribution in [3.8, 4) is 11.5 Å². The number of aliphatic hydroxyl groups excluding tert-OH is 1. The number of methoxy groups -OCH3 is 1. The fourth-order valence-corrected chi connectivity index (χ4v) is 4.35. The molecule has 1 heterocycles. The van der Waals surface area contributed by atoms with Crippen LogP contribution < -0.4 is 30.3 Å². The Morgan fingerprint density at radius 3 is 2.28 bits per heavy atom. The number of carbonyl (C=O) groups excluding carboxylic acids is 2. The lowest BCUT2D eigenvalue weighted by Crippen LogP contribution is -2.50. The lowest BCUT2D eigenvalue weighted by molar-refractivity contribution is 0.201. The number of hydrogen-bond acceptors (Lipinski definition) is 6. The number of ether oxygens (including phenoxy) is 2. The molecule has 1 fully saturated rings. The molecule has 10 heteroatoms. The van der Waals surface area contributed by atoms with Crippen molar-refractivity contribution < 1.29 is 24.2 Å². The van der Waals surface area contributed by atoms with Crippen molar-refractivity contribution in [1.82, 2.24) is 4.90 Å². The van der Waals surface area contributed by atoms with E-state index in [2.05, 4.69) is 20.9 Å². The maximum absolute atomic E-state index is 12.8. The number of nitrogens with zero attached hydrogens (tertiary/aromatic N) is 2. The van der Waals surface area contributed by atoms with Gasteiger partial charge in [0.2, 0.25) is 0 Å². The van der Waals surface area contributed by atoms with Gasteiger partial charge in [0.1, 0.15) is 18.1 Å². The van der Waals surface area contributed by atoms with Crippen LogP contribution in [0.3, 0.4) is 0 Å². The second-order valence-corrected chi connectivity index (χ2v) is 9.28. The predicted octanol–water partition coefficient (Wildman–Crippen LogP) is 4.68. The van der Waals surface area contributed by atoms with Gasteiger partial charge in [-0.25, -0.2) is 9.59 Å². The molecular formula is C29H35N5O5. The molecular weight excluding hydrogens is 498 g/mol. The summed E-state index contributed by atoms with van der Waals surface area (Å²) in [6.45, 7) is 6.60. The minimum absolute atomic E-state index is 0.0494. The molecule has 1 saturated heterocycles. The maximum Gasteiger partial charge on any atom is 0.323 e. The number of carbonyl (C=O) groups is 2. The molecule has 0 spiro atoms. The van der Waals surface area contributed by atoms with Crippen LogP contribution in [0.4, 0.5) is 32.3 Å². The zero-order chi connectivity index (χ0) is 27.8. The molecule has 0 unspecified atom stereocenters. The van der Waals surface area contributed by atoms with Gasteiger partial charge >= 0.3 is 12.1 Å². The van der Waals surface area contributed by atoms with E-state index in [1.165, 1.54) is 0 Å². The smallest absolute Gasteiger partial charge is 0.323 e. The van der Waals surface area contributed by atoms with Gasteiger partial charge in [-0.1, -0.05) is 6.07 Å². The summed E-state index contributed by atoms with van der Waals surface area (Å²) in [6.07, 6.45) is 0. The molecule has 4 N–H and O–H groups in total. The van der Waals surface area contributed by atoms with Gasteiger partial charge in [-0.15, -0.1) is 0 Å². The highest BCUT2D eigenvalue weighted by Gasteiger charge is 2.22. The highest BCUT2D eigenvalue weighted by Crippen LogP contribution is 2.26. The molecule has 0 radical (unpaired) electrons. The van der Waals surface area contributed by atoms with Crippen LogP contribution in [0.5, 0.6) is 11.5 Å². The summed E-state index contributed by atoms with van der Waals surface area (Å²) in [6, 6.07) is 18.2. The minimum atomic E-state index is -0.353. The lowest BCUT2D eigenvalue weighted by atomic mass is 10.2. The number of hydrogen-bond donors (Lipinski definition) is 4. The molecule has 0 bridgehead atoms. The van der Waals surface area contributed by atoms with Crippen LogP contribution in [-0.2, 0) is 0 Å².